The standard InChI is InChI=1S/C17H16N4O3S/c1-10-18-13-9-12(5-7-16(13)25-10)19-17(22)11-4-6-14(20(2)3)15(8-11)21(23)24/h4-9H,1-3H3,(H,19,22). The maximum Gasteiger partial charge on any atom is 0.293 e. The smallest absolute Gasteiger partial charge is 0.293 e. The van der Waals surface area contributed by atoms with E-state index in [2.05, 4.69) is 10.3 Å². The van der Waals surface area contributed by atoms with E-state index in [0.29, 0.717) is 11.4 Å². The maximum atomic E-state index is 12.4. The first-order chi connectivity index (χ1) is 11.8. The number of carbonyl (C=O) groups is 1. The monoisotopic (exact) mass is 356 g/mol. The van der Waals surface area contributed by atoms with Gasteiger partial charge in [0, 0.05) is 31.4 Å². The summed E-state index contributed by atoms with van der Waals surface area (Å²) in [5, 5.41) is 15.0. The van der Waals surface area contributed by atoms with E-state index >= 15 is 0 Å². The first-order valence-corrected chi connectivity index (χ1v) is 8.31. The van der Waals surface area contributed by atoms with Crippen molar-refractivity contribution in [2.45, 2.75) is 6.92 Å². The SMILES string of the molecule is Cc1nc2cc(NC(=O)c3ccc(N(C)C)c([N+](=O)[O-])c3)ccc2s1. The first-order valence-electron chi connectivity index (χ1n) is 7.49. The number of nitro groups is 1. The molecule has 128 valence electrons. The van der Waals surface area contributed by atoms with E-state index in [9.17, 15) is 14.9 Å². The van der Waals surface area contributed by atoms with Crippen molar-refractivity contribution in [3.05, 3.63) is 57.1 Å². The number of amides is 1. The molecule has 2 aromatic carbocycles. The number of nitro benzene ring substituents is 1. The molecule has 0 saturated carbocycles. The normalized spacial score (nSPS) is 10.7. The Labute approximate surface area is 148 Å². The zero-order valence-corrected chi connectivity index (χ0v) is 14.8. The Morgan fingerprint density at radius 2 is 2.00 bits per heavy atom. The maximum absolute atomic E-state index is 12.4. The number of thiazole rings is 1. The lowest BCUT2D eigenvalue weighted by Crippen LogP contribution is -2.15. The van der Waals surface area contributed by atoms with Gasteiger partial charge in [-0.3, -0.25) is 14.9 Å². The topological polar surface area (TPSA) is 88.4 Å². The lowest BCUT2D eigenvalue weighted by molar-refractivity contribution is -0.384. The Balaban J connectivity index is 1.89. The van der Waals surface area contributed by atoms with Crippen molar-refractivity contribution in [2.75, 3.05) is 24.3 Å². The van der Waals surface area contributed by atoms with Crippen LogP contribution in [-0.2, 0) is 0 Å². The fraction of sp³-hybridized carbons (Fsp3) is 0.176. The first kappa shape index (κ1) is 16.8. The van der Waals surface area contributed by atoms with Crippen LogP contribution in [0.3, 0.4) is 0 Å². The number of nitrogens with zero attached hydrogens (tertiary/aromatic N) is 3. The van der Waals surface area contributed by atoms with E-state index in [1.165, 1.54) is 6.07 Å². The zero-order chi connectivity index (χ0) is 18.1. The molecule has 1 amide bonds. The summed E-state index contributed by atoms with van der Waals surface area (Å²) >= 11 is 1.58. The van der Waals surface area contributed by atoms with E-state index in [-0.39, 0.29) is 11.3 Å². The van der Waals surface area contributed by atoms with Crippen LogP contribution in [0.5, 0.6) is 0 Å². The summed E-state index contributed by atoms with van der Waals surface area (Å²) in [7, 11) is 3.43. The van der Waals surface area contributed by atoms with Crippen molar-refractivity contribution in [1.29, 1.82) is 0 Å². The largest absolute Gasteiger partial charge is 0.372 e. The summed E-state index contributed by atoms with van der Waals surface area (Å²) in [5.41, 5.74) is 1.98. The van der Waals surface area contributed by atoms with Crippen LogP contribution >= 0.6 is 11.3 Å². The Morgan fingerprint density at radius 3 is 2.68 bits per heavy atom. The number of aromatic nitrogens is 1. The second-order valence-electron chi connectivity index (χ2n) is 5.72. The highest BCUT2D eigenvalue weighted by atomic mass is 32.1. The Morgan fingerprint density at radius 1 is 1.24 bits per heavy atom. The molecule has 1 heterocycles. The number of carbonyl (C=O) groups excluding carboxylic acids is 1. The molecule has 1 aromatic heterocycles. The molecule has 1 N–H and O–H groups in total. The fourth-order valence-electron chi connectivity index (χ4n) is 2.51. The second kappa shape index (κ2) is 6.48. The van der Waals surface area contributed by atoms with Gasteiger partial charge < -0.3 is 10.2 Å². The van der Waals surface area contributed by atoms with Crippen molar-refractivity contribution in [3.63, 3.8) is 0 Å². The molecule has 0 aliphatic heterocycles. The molecular weight excluding hydrogens is 340 g/mol. The highest BCUT2D eigenvalue weighted by molar-refractivity contribution is 7.18. The number of fused-ring (bicyclic) bond motifs is 1. The molecule has 0 atom stereocenters. The number of aryl methyl sites for hydroxylation is 1. The Bertz CT molecular complexity index is 981. The molecule has 0 aliphatic rings. The van der Waals surface area contributed by atoms with E-state index < -0.39 is 10.8 Å². The van der Waals surface area contributed by atoms with Gasteiger partial charge >= 0.3 is 0 Å². The van der Waals surface area contributed by atoms with Gasteiger partial charge in [-0.25, -0.2) is 4.98 Å². The third-order valence-electron chi connectivity index (χ3n) is 3.67. The quantitative estimate of drug-likeness (QED) is 0.567. The van der Waals surface area contributed by atoms with Gasteiger partial charge in [-0.15, -0.1) is 11.3 Å². The molecule has 3 rings (SSSR count). The molecule has 0 radical (unpaired) electrons. The molecular formula is C17H16N4O3S. The van der Waals surface area contributed by atoms with E-state index in [0.717, 1.165) is 15.2 Å². The van der Waals surface area contributed by atoms with Crippen LogP contribution in [0.15, 0.2) is 36.4 Å². The van der Waals surface area contributed by atoms with Crippen LogP contribution in [-0.4, -0.2) is 29.9 Å². The molecule has 8 heteroatoms. The van der Waals surface area contributed by atoms with Gasteiger partial charge in [0.2, 0.25) is 0 Å². The molecule has 0 saturated heterocycles. The summed E-state index contributed by atoms with van der Waals surface area (Å²) in [5.74, 6) is -0.403. The number of benzene rings is 2. The average Bonchev–Trinajstić information content (AvgIpc) is 2.93. The average molecular weight is 356 g/mol. The zero-order valence-electron chi connectivity index (χ0n) is 13.9. The predicted octanol–water partition coefficient (Wildman–Crippen LogP) is 3.83. The highest BCUT2D eigenvalue weighted by Gasteiger charge is 2.19. The molecule has 0 unspecified atom stereocenters. The lowest BCUT2D eigenvalue weighted by Gasteiger charge is -2.13. The van der Waals surface area contributed by atoms with E-state index in [1.807, 2.05) is 13.0 Å². The van der Waals surface area contributed by atoms with Gasteiger partial charge in [0.1, 0.15) is 5.69 Å². The fourth-order valence-corrected chi connectivity index (χ4v) is 3.32. The van der Waals surface area contributed by atoms with Gasteiger partial charge in [-0.05, 0) is 37.3 Å². The van der Waals surface area contributed by atoms with E-state index in [1.54, 1.807) is 54.6 Å². The molecule has 0 bridgehead atoms. The van der Waals surface area contributed by atoms with Gasteiger partial charge in [-0.1, -0.05) is 0 Å². The molecule has 25 heavy (non-hydrogen) atoms. The number of hydrogen-bond donors (Lipinski definition) is 1. The molecule has 3 aromatic rings. The molecule has 0 fully saturated rings. The summed E-state index contributed by atoms with van der Waals surface area (Å²) in [6.45, 7) is 1.92. The third kappa shape index (κ3) is 3.43. The summed E-state index contributed by atoms with van der Waals surface area (Å²) in [6, 6.07) is 9.91. The second-order valence-corrected chi connectivity index (χ2v) is 6.96. The number of rotatable bonds is 4. The van der Waals surface area contributed by atoms with Crippen molar-refractivity contribution < 1.29 is 9.72 Å². The minimum atomic E-state index is -0.490. The van der Waals surface area contributed by atoms with Gasteiger partial charge in [0.05, 0.1) is 20.1 Å². The molecule has 7 nitrogen and oxygen atoms in total. The molecule has 0 spiro atoms. The van der Waals surface area contributed by atoms with Gasteiger partial charge in [0.25, 0.3) is 11.6 Å². The highest BCUT2D eigenvalue weighted by Crippen LogP contribution is 2.28. The van der Waals surface area contributed by atoms with E-state index in [4.69, 9.17) is 0 Å². The number of anilines is 2. The summed E-state index contributed by atoms with van der Waals surface area (Å²) in [4.78, 5) is 29.2. The van der Waals surface area contributed by atoms with Crippen LogP contribution in [0.2, 0.25) is 0 Å². The van der Waals surface area contributed by atoms with Crippen LogP contribution < -0.4 is 10.2 Å². The minimum absolute atomic E-state index is 0.108. The lowest BCUT2D eigenvalue weighted by atomic mass is 10.1. The van der Waals surface area contributed by atoms with Crippen molar-refractivity contribution in [3.8, 4) is 0 Å². The summed E-state index contributed by atoms with van der Waals surface area (Å²) < 4.78 is 1.04. The van der Waals surface area contributed by atoms with Crippen LogP contribution in [0, 0.1) is 17.0 Å². The number of nitrogens with one attached hydrogen (secondary N) is 1. The van der Waals surface area contributed by atoms with Gasteiger partial charge in [0.15, 0.2) is 0 Å². The van der Waals surface area contributed by atoms with Crippen LogP contribution in [0.25, 0.3) is 10.2 Å². The number of hydrogen-bond acceptors (Lipinski definition) is 6. The summed E-state index contributed by atoms with van der Waals surface area (Å²) in [6.07, 6.45) is 0. The van der Waals surface area contributed by atoms with Crippen LogP contribution in [0.4, 0.5) is 17.1 Å². The Kier molecular flexibility index (Phi) is 4.37. The van der Waals surface area contributed by atoms with Crippen molar-refractivity contribution in [1.82, 2.24) is 4.98 Å². The van der Waals surface area contributed by atoms with Gasteiger partial charge in [-0.2, -0.15) is 0 Å². The minimum Gasteiger partial charge on any atom is -0.372 e. The van der Waals surface area contributed by atoms with Crippen molar-refractivity contribution in [2.24, 2.45) is 0 Å². The third-order valence-corrected chi connectivity index (χ3v) is 4.62. The Hall–Kier alpha value is -3.00. The molecule has 0 aliphatic carbocycles. The van der Waals surface area contributed by atoms with Crippen LogP contribution in [0.1, 0.15) is 15.4 Å². The van der Waals surface area contributed by atoms with Crippen molar-refractivity contribution >= 4 is 44.5 Å². The predicted molar refractivity (Wildman–Crippen MR) is 99.7 cm³/mol.